The molecule has 1 aromatic rings. The number of rotatable bonds is 8. The minimum absolute atomic E-state index is 0.162. The van der Waals surface area contributed by atoms with Crippen LogP contribution < -0.4 is 0 Å². The summed E-state index contributed by atoms with van der Waals surface area (Å²) in [6.07, 6.45) is 0.467. The molecule has 0 spiro atoms. The van der Waals surface area contributed by atoms with Crippen LogP contribution in [-0.4, -0.2) is 46.3 Å². The van der Waals surface area contributed by atoms with Crippen LogP contribution in [0.2, 0.25) is 0 Å². The molecule has 0 aromatic heterocycles. The zero-order chi connectivity index (χ0) is 16.2. The SMILES string of the molecule is CCC(C#Cc1ccccc1C(=O)OC)OCOCCOC. The van der Waals surface area contributed by atoms with Crippen LogP contribution in [0.5, 0.6) is 0 Å². The lowest BCUT2D eigenvalue weighted by molar-refractivity contribution is -0.0828. The summed E-state index contributed by atoms with van der Waals surface area (Å²) in [5.41, 5.74) is 1.07. The van der Waals surface area contributed by atoms with E-state index in [0.717, 1.165) is 6.42 Å². The Balaban J connectivity index is 2.64. The first kappa shape index (κ1) is 18.2. The molecule has 0 radical (unpaired) electrons. The highest BCUT2D eigenvalue weighted by Crippen LogP contribution is 2.09. The van der Waals surface area contributed by atoms with E-state index < -0.39 is 5.97 Å². The highest BCUT2D eigenvalue weighted by Gasteiger charge is 2.09. The third kappa shape index (κ3) is 6.27. The van der Waals surface area contributed by atoms with Crippen molar-refractivity contribution < 1.29 is 23.7 Å². The zero-order valence-corrected chi connectivity index (χ0v) is 13.3. The van der Waals surface area contributed by atoms with Crippen LogP contribution in [0, 0.1) is 11.8 Å². The van der Waals surface area contributed by atoms with Gasteiger partial charge in [0.25, 0.3) is 0 Å². The summed E-state index contributed by atoms with van der Waals surface area (Å²) in [4.78, 5) is 11.7. The molecule has 0 fully saturated rings. The predicted molar refractivity (Wildman–Crippen MR) is 82.5 cm³/mol. The first-order valence-electron chi connectivity index (χ1n) is 7.10. The Labute approximate surface area is 131 Å². The molecule has 120 valence electrons. The standard InChI is InChI=1S/C17H22O5/c1-4-15(22-13-21-12-11-19-2)10-9-14-7-5-6-8-16(14)17(18)20-3/h5-8,15H,4,11-13H2,1-3H3. The normalized spacial score (nSPS) is 11.4. The molecule has 0 N–H and O–H groups in total. The second kappa shape index (κ2) is 10.8. The summed E-state index contributed by atoms with van der Waals surface area (Å²) in [6.45, 7) is 3.14. The minimum Gasteiger partial charge on any atom is -0.465 e. The molecular formula is C17H22O5. The molecule has 0 saturated carbocycles. The van der Waals surface area contributed by atoms with Gasteiger partial charge in [-0.25, -0.2) is 4.79 Å². The lowest BCUT2D eigenvalue weighted by Crippen LogP contribution is -2.14. The average Bonchev–Trinajstić information content (AvgIpc) is 2.57. The quantitative estimate of drug-likeness (QED) is 0.319. The van der Waals surface area contributed by atoms with Gasteiger partial charge < -0.3 is 18.9 Å². The molecule has 0 bridgehead atoms. The van der Waals surface area contributed by atoms with Crippen molar-refractivity contribution in [2.75, 3.05) is 34.2 Å². The number of benzene rings is 1. The number of esters is 1. The fraction of sp³-hybridized carbons (Fsp3) is 0.471. The Hall–Kier alpha value is -1.87. The topological polar surface area (TPSA) is 54.0 Å². The molecule has 1 unspecified atom stereocenters. The van der Waals surface area contributed by atoms with Crippen LogP contribution in [0.3, 0.4) is 0 Å². The molecule has 0 amide bonds. The Bertz CT molecular complexity index is 515. The largest absolute Gasteiger partial charge is 0.465 e. The van der Waals surface area contributed by atoms with Crippen molar-refractivity contribution in [1.29, 1.82) is 0 Å². The van der Waals surface area contributed by atoms with E-state index in [4.69, 9.17) is 18.9 Å². The van der Waals surface area contributed by atoms with Gasteiger partial charge in [-0.05, 0) is 18.6 Å². The number of methoxy groups -OCH3 is 2. The van der Waals surface area contributed by atoms with Gasteiger partial charge in [0.05, 0.1) is 25.9 Å². The van der Waals surface area contributed by atoms with E-state index in [0.29, 0.717) is 24.3 Å². The monoisotopic (exact) mass is 306 g/mol. The highest BCUT2D eigenvalue weighted by molar-refractivity contribution is 5.92. The lowest BCUT2D eigenvalue weighted by Gasteiger charge is -2.10. The van der Waals surface area contributed by atoms with Gasteiger partial charge in [-0.1, -0.05) is 30.9 Å². The third-order valence-corrected chi connectivity index (χ3v) is 2.86. The number of hydrogen-bond donors (Lipinski definition) is 0. The van der Waals surface area contributed by atoms with E-state index in [1.807, 2.05) is 13.0 Å². The van der Waals surface area contributed by atoms with Crippen molar-refractivity contribution in [1.82, 2.24) is 0 Å². The fourth-order valence-electron chi connectivity index (χ4n) is 1.63. The Morgan fingerprint density at radius 3 is 2.68 bits per heavy atom. The molecular weight excluding hydrogens is 284 g/mol. The van der Waals surface area contributed by atoms with E-state index in [1.165, 1.54) is 7.11 Å². The molecule has 0 aliphatic heterocycles. The summed E-state index contributed by atoms with van der Waals surface area (Å²) >= 11 is 0. The van der Waals surface area contributed by atoms with E-state index in [2.05, 4.69) is 11.8 Å². The predicted octanol–water partition coefficient (Wildman–Crippen LogP) is 2.24. The number of ether oxygens (including phenoxy) is 4. The average molecular weight is 306 g/mol. The van der Waals surface area contributed by atoms with Gasteiger partial charge in [0.15, 0.2) is 0 Å². The van der Waals surface area contributed by atoms with Gasteiger partial charge in [-0.15, -0.1) is 0 Å². The van der Waals surface area contributed by atoms with Gasteiger partial charge in [0.2, 0.25) is 0 Å². The van der Waals surface area contributed by atoms with E-state index >= 15 is 0 Å². The van der Waals surface area contributed by atoms with Crippen molar-refractivity contribution in [3.05, 3.63) is 35.4 Å². The second-order valence-corrected chi connectivity index (χ2v) is 4.39. The molecule has 0 heterocycles. The molecule has 0 aliphatic rings. The highest BCUT2D eigenvalue weighted by atomic mass is 16.7. The van der Waals surface area contributed by atoms with Crippen molar-refractivity contribution in [3.63, 3.8) is 0 Å². The first-order chi connectivity index (χ1) is 10.7. The van der Waals surface area contributed by atoms with Crippen LogP contribution in [0.1, 0.15) is 29.3 Å². The van der Waals surface area contributed by atoms with Crippen LogP contribution in [-0.2, 0) is 18.9 Å². The van der Waals surface area contributed by atoms with Crippen molar-refractivity contribution in [3.8, 4) is 11.8 Å². The van der Waals surface area contributed by atoms with Gasteiger partial charge in [0, 0.05) is 12.7 Å². The molecule has 1 rings (SSSR count). The maximum Gasteiger partial charge on any atom is 0.339 e. The number of hydrogen-bond acceptors (Lipinski definition) is 5. The fourth-order valence-corrected chi connectivity index (χ4v) is 1.63. The van der Waals surface area contributed by atoms with Crippen molar-refractivity contribution in [2.24, 2.45) is 0 Å². The second-order valence-electron chi connectivity index (χ2n) is 4.39. The summed E-state index contributed by atoms with van der Waals surface area (Å²) < 4.78 is 20.4. The van der Waals surface area contributed by atoms with E-state index in [9.17, 15) is 4.79 Å². The molecule has 5 heteroatoms. The Kier molecular flexibility index (Phi) is 8.92. The third-order valence-electron chi connectivity index (χ3n) is 2.86. The first-order valence-corrected chi connectivity index (χ1v) is 7.10. The van der Waals surface area contributed by atoms with Gasteiger partial charge >= 0.3 is 5.97 Å². The summed E-state index contributed by atoms with van der Waals surface area (Å²) in [5, 5.41) is 0. The molecule has 1 atom stereocenters. The molecule has 5 nitrogen and oxygen atoms in total. The van der Waals surface area contributed by atoms with E-state index in [1.54, 1.807) is 25.3 Å². The van der Waals surface area contributed by atoms with Crippen LogP contribution >= 0.6 is 0 Å². The summed E-state index contributed by atoms with van der Waals surface area (Å²) in [6, 6.07) is 7.06. The smallest absolute Gasteiger partial charge is 0.339 e. The van der Waals surface area contributed by atoms with Gasteiger partial charge in [-0.3, -0.25) is 0 Å². The van der Waals surface area contributed by atoms with E-state index in [-0.39, 0.29) is 12.9 Å². The van der Waals surface area contributed by atoms with Gasteiger partial charge in [-0.2, -0.15) is 0 Å². The maximum atomic E-state index is 11.7. The number of carbonyl (C=O) groups is 1. The van der Waals surface area contributed by atoms with Crippen molar-refractivity contribution in [2.45, 2.75) is 19.4 Å². The molecule has 0 saturated heterocycles. The number of carbonyl (C=O) groups excluding carboxylic acids is 1. The molecule has 0 aliphatic carbocycles. The molecule has 22 heavy (non-hydrogen) atoms. The summed E-state index contributed by atoms with van der Waals surface area (Å²) in [7, 11) is 2.96. The lowest BCUT2D eigenvalue weighted by atomic mass is 10.1. The van der Waals surface area contributed by atoms with Crippen LogP contribution in [0.4, 0.5) is 0 Å². The minimum atomic E-state index is -0.401. The van der Waals surface area contributed by atoms with Crippen molar-refractivity contribution >= 4 is 5.97 Å². The summed E-state index contributed by atoms with van der Waals surface area (Å²) in [5.74, 6) is 5.58. The van der Waals surface area contributed by atoms with Crippen LogP contribution in [0.15, 0.2) is 24.3 Å². The van der Waals surface area contributed by atoms with Gasteiger partial charge in [0.1, 0.15) is 12.9 Å². The Morgan fingerprint density at radius 2 is 2.00 bits per heavy atom. The maximum absolute atomic E-state index is 11.7. The Morgan fingerprint density at radius 1 is 1.23 bits per heavy atom. The molecule has 1 aromatic carbocycles. The zero-order valence-electron chi connectivity index (χ0n) is 13.3. The van der Waals surface area contributed by atoms with Crippen LogP contribution in [0.25, 0.3) is 0 Å².